The fourth-order valence-electron chi connectivity index (χ4n) is 2.38. The minimum atomic E-state index is -0.0635. The van der Waals surface area contributed by atoms with Crippen molar-refractivity contribution in [3.8, 4) is 5.75 Å². The fourth-order valence-corrected chi connectivity index (χ4v) is 2.38. The average Bonchev–Trinajstić information content (AvgIpc) is 2.48. The molecule has 0 unspecified atom stereocenters. The van der Waals surface area contributed by atoms with E-state index in [4.69, 9.17) is 10.5 Å². The topological polar surface area (TPSA) is 67.6 Å². The molecule has 5 heteroatoms. The molecule has 0 aromatic heterocycles. The highest BCUT2D eigenvalue weighted by Gasteiger charge is 2.18. The quantitative estimate of drug-likeness (QED) is 0.833. The van der Waals surface area contributed by atoms with Gasteiger partial charge in [0.25, 0.3) is 5.91 Å². The molecule has 2 rings (SSSR count). The summed E-state index contributed by atoms with van der Waals surface area (Å²) in [6.07, 6.45) is 2.00. The molecule has 5 nitrogen and oxygen atoms in total. The van der Waals surface area contributed by atoms with Gasteiger partial charge in [0.15, 0.2) is 6.61 Å². The molecule has 1 fully saturated rings. The summed E-state index contributed by atoms with van der Waals surface area (Å²) in [5.41, 5.74) is 6.55. The van der Waals surface area contributed by atoms with E-state index < -0.39 is 0 Å². The number of carbonyl (C=O) groups excluding carboxylic acids is 1. The molecule has 0 bridgehead atoms. The van der Waals surface area contributed by atoms with Gasteiger partial charge in [-0.05, 0) is 39.0 Å². The largest absolute Gasteiger partial charge is 0.483 e. The maximum Gasteiger partial charge on any atom is 0.258 e. The predicted octanol–water partition coefficient (Wildman–Crippen LogP) is 0.734. The Bertz CT molecular complexity index is 442. The number of hydrogen-bond donors (Lipinski definition) is 2. The van der Waals surface area contributed by atoms with Crippen molar-refractivity contribution in [3.05, 3.63) is 29.8 Å². The van der Waals surface area contributed by atoms with Crippen molar-refractivity contribution >= 4 is 5.91 Å². The average molecular weight is 277 g/mol. The molecule has 1 aromatic carbocycles. The Balaban J connectivity index is 1.77. The summed E-state index contributed by atoms with van der Waals surface area (Å²) in [6, 6.07) is 7.80. The van der Waals surface area contributed by atoms with E-state index in [0.717, 1.165) is 31.5 Å². The second-order valence-electron chi connectivity index (χ2n) is 5.25. The Hall–Kier alpha value is -1.59. The summed E-state index contributed by atoms with van der Waals surface area (Å²) in [4.78, 5) is 14.2. The molecule has 1 saturated heterocycles. The first-order chi connectivity index (χ1) is 9.69. The maximum absolute atomic E-state index is 11.9. The number of benzene rings is 1. The summed E-state index contributed by atoms with van der Waals surface area (Å²) < 4.78 is 5.55. The number of para-hydroxylation sites is 1. The molecule has 1 aliphatic rings. The lowest BCUT2D eigenvalue weighted by Crippen LogP contribution is -2.44. The van der Waals surface area contributed by atoms with Crippen LogP contribution in [0.1, 0.15) is 18.4 Å². The first-order valence-corrected chi connectivity index (χ1v) is 7.07. The molecule has 20 heavy (non-hydrogen) atoms. The van der Waals surface area contributed by atoms with Crippen LogP contribution in [0.25, 0.3) is 0 Å². The van der Waals surface area contributed by atoms with E-state index in [-0.39, 0.29) is 18.6 Å². The Morgan fingerprint density at radius 3 is 2.80 bits per heavy atom. The van der Waals surface area contributed by atoms with Gasteiger partial charge < -0.3 is 20.7 Å². The summed E-state index contributed by atoms with van der Waals surface area (Å²) in [6.45, 7) is 2.51. The van der Waals surface area contributed by atoms with Crippen molar-refractivity contribution < 1.29 is 9.53 Å². The van der Waals surface area contributed by atoms with Crippen LogP contribution >= 0.6 is 0 Å². The van der Waals surface area contributed by atoms with Crippen molar-refractivity contribution in [1.82, 2.24) is 10.2 Å². The van der Waals surface area contributed by atoms with Crippen LogP contribution in [0.2, 0.25) is 0 Å². The molecular formula is C15H23N3O2. The SMILES string of the molecule is CN1CCC(NC(=O)COc2ccccc2CN)CC1. The highest BCUT2D eigenvalue weighted by atomic mass is 16.5. The Morgan fingerprint density at radius 1 is 1.40 bits per heavy atom. The summed E-state index contributed by atoms with van der Waals surface area (Å²) in [5, 5.41) is 3.03. The van der Waals surface area contributed by atoms with E-state index in [0.29, 0.717) is 12.3 Å². The van der Waals surface area contributed by atoms with E-state index in [1.807, 2.05) is 24.3 Å². The van der Waals surface area contributed by atoms with Crippen LogP contribution in [0.4, 0.5) is 0 Å². The van der Waals surface area contributed by atoms with Gasteiger partial charge in [-0.25, -0.2) is 0 Å². The number of rotatable bonds is 5. The number of nitrogens with zero attached hydrogens (tertiary/aromatic N) is 1. The highest BCUT2D eigenvalue weighted by Crippen LogP contribution is 2.16. The molecule has 3 N–H and O–H groups in total. The smallest absolute Gasteiger partial charge is 0.258 e. The number of likely N-dealkylation sites (tertiary alicyclic amines) is 1. The van der Waals surface area contributed by atoms with Crippen LogP contribution in [0.15, 0.2) is 24.3 Å². The summed E-state index contributed by atoms with van der Waals surface area (Å²) in [5.74, 6) is 0.625. The van der Waals surface area contributed by atoms with E-state index in [1.165, 1.54) is 0 Å². The van der Waals surface area contributed by atoms with Crippen molar-refractivity contribution in [1.29, 1.82) is 0 Å². The second-order valence-corrected chi connectivity index (χ2v) is 5.25. The van der Waals surface area contributed by atoms with E-state index in [1.54, 1.807) is 0 Å². The van der Waals surface area contributed by atoms with E-state index >= 15 is 0 Å². The number of nitrogens with one attached hydrogen (secondary N) is 1. The van der Waals surface area contributed by atoms with Crippen LogP contribution < -0.4 is 15.8 Å². The number of ether oxygens (including phenoxy) is 1. The van der Waals surface area contributed by atoms with Gasteiger partial charge in [0.2, 0.25) is 0 Å². The molecule has 0 radical (unpaired) electrons. The van der Waals surface area contributed by atoms with Crippen molar-refractivity contribution in [2.75, 3.05) is 26.7 Å². The molecule has 0 aliphatic carbocycles. The third kappa shape index (κ3) is 4.21. The monoisotopic (exact) mass is 277 g/mol. The third-order valence-corrected chi connectivity index (χ3v) is 3.63. The van der Waals surface area contributed by atoms with Gasteiger partial charge in [0.1, 0.15) is 5.75 Å². The van der Waals surface area contributed by atoms with Crippen molar-refractivity contribution in [2.24, 2.45) is 5.73 Å². The van der Waals surface area contributed by atoms with Crippen molar-refractivity contribution in [3.63, 3.8) is 0 Å². The van der Waals surface area contributed by atoms with Crippen molar-refractivity contribution in [2.45, 2.75) is 25.4 Å². The zero-order valence-corrected chi connectivity index (χ0v) is 12.0. The normalized spacial score (nSPS) is 16.9. The minimum absolute atomic E-state index is 0.0450. The number of amides is 1. The number of hydrogen-bond acceptors (Lipinski definition) is 4. The Labute approximate surface area is 120 Å². The summed E-state index contributed by atoms with van der Waals surface area (Å²) >= 11 is 0. The number of piperidine rings is 1. The standard InChI is InChI=1S/C15H23N3O2/c1-18-8-6-13(7-9-18)17-15(19)11-20-14-5-3-2-4-12(14)10-16/h2-5,13H,6-11,16H2,1H3,(H,17,19). The molecule has 0 saturated carbocycles. The van der Waals surface area contributed by atoms with Gasteiger partial charge in [-0.15, -0.1) is 0 Å². The van der Waals surface area contributed by atoms with Gasteiger partial charge in [0.05, 0.1) is 0 Å². The lowest BCUT2D eigenvalue weighted by molar-refractivity contribution is -0.124. The first kappa shape index (κ1) is 14.8. The van der Waals surface area contributed by atoms with Crippen LogP contribution in [0, 0.1) is 0 Å². The number of nitrogens with two attached hydrogens (primary N) is 1. The molecule has 0 spiro atoms. The van der Waals surface area contributed by atoms with E-state index in [9.17, 15) is 4.79 Å². The zero-order valence-electron chi connectivity index (χ0n) is 12.0. The minimum Gasteiger partial charge on any atom is -0.483 e. The fraction of sp³-hybridized carbons (Fsp3) is 0.533. The van der Waals surface area contributed by atoms with Gasteiger partial charge in [-0.1, -0.05) is 18.2 Å². The lowest BCUT2D eigenvalue weighted by atomic mass is 10.1. The molecule has 1 amide bonds. The molecule has 1 aromatic rings. The first-order valence-electron chi connectivity index (χ1n) is 7.07. The van der Waals surface area contributed by atoms with Gasteiger partial charge in [-0.2, -0.15) is 0 Å². The molecular weight excluding hydrogens is 254 g/mol. The van der Waals surface area contributed by atoms with E-state index in [2.05, 4.69) is 17.3 Å². The number of carbonyl (C=O) groups is 1. The highest BCUT2D eigenvalue weighted by molar-refractivity contribution is 5.77. The molecule has 110 valence electrons. The Kier molecular flexibility index (Phi) is 5.38. The predicted molar refractivity (Wildman–Crippen MR) is 78.5 cm³/mol. The van der Waals surface area contributed by atoms with Gasteiger partial charge in [0, 0.05) is 18.2 Å². The maximum atomic E-state index is 11.9. The van der Waals surface area contributed by atoms with Gasteiger partial charge in [-0.3, -0.25) is 4.79 Å². The summed E-state index contributed by atoms with van der Waals surface area (Å²) in [7, 11) is 2.10. The van der Waals surface area contributed by atoms with Crippen LogP contribution in [-0.4, -0.2) is 43.6 Å². The molecule has 1 aliphatic heterocycles. The van der Waals surface area contributed by atoms with Gasteiger partial charge >= 0.3 is 0 Å². The lowest BCUT2D eigenvalue weighted by Gasteiger charge is -2.29. The zero-order chi connectivity index (χ0) is 14.4. The molecule has 1 heterocycles. The molecule has 0 atom stereocenters. The Morgan fingerprint density at radius 2 is 2.10 bits per heavy atom. The second kappa shape index (κ2) is 7.26. The van der Waals surface area contributed by atoms with Crippen LogP contribution in [-0.2, 0) is 11.3 Å². The third-order valence-electron chi connectivity index (χ3n) is 3.63. The van der Waals surface area contributed by atoms with Crippen LogP contribution in [0.5, 0.6) is 5.75 Å². The van der Waals surface area contributed by atoms with Crippen LogP contribution in [0.3, 0.4) is 0 Å².